The smallest absolute Gasteiger partial charge is 0.338 e. The summed E-state index contributed by atoms with van der Waals surface area (Å²) in [6.07, 6.45) is 0. The third-order valence-corrected chi connectivity index (χ3v) is 2.93. The monoisotopic (exact) mass is 288 g/mol. The SMILES string of the molecule is NC(=O)c1ccc(CNc2ccc(F)c(C(=O)O)c2)cc1. The van der Waals surface area contributed by atoms with Crippen LogP contribution < -0.4 is 11.1 Å². The molecule has 0 saturated carbocycles. The van der Waals surface area contributed by atoms with E-state index in [1.165, 1.54) is 12.1 Å². The number of primary amides is 1. The second kappa shape index (κ2) is 6.04. The van der Waals surface area contributed by atoms with Crippen LogP contribution in [0.4, 0.5) is 10.1 Å². The number of aromatic carboxylic acids is 1. The maximum atomic E-state index is 13.3. The van der Waals surface area contributed by atoms with Crippen molar-refractivity contribution in [3.8, 4) is 0 Å². The average Bonchev–Trinajstić information content (AvgIpc) is 2.46. The van der Waals surface area contributed by atoms with Crippen molar-refractivity contribution in [3.63, 3.8) is 0 Å². The first-order valence-corrected chi connectivity index (χ1v) is 6.13. The van der Waals surface area contributed by atoms with Crippen molar-refractivity contribution in [2.75, 3.05) is 5.32 Å². The van der Waals surface area contributed by atoms with Crippen molar-refractivity contribution >= 4 is 17.6 Å². The standard InChI is InChI=1S/C15H13FN2O3/c16-13-6-5-11(7-12(13)15(20)21)18-8-9-1-3-10(4-2-9)14(17)19/h1-7,18H,8H2,(H2,17,19)(H,20,21). The number of nitrogens with two attached hydrogens (primary N) is 1. The van der Waals surface area contributed by atoms with Gasteiger partial charge in [0.2, 0.25) is 5.91 Å². The van der Waals surface area contributed by atoms with E-state index in [0.29, 0.717) is 17.8 Å². The molecule has 2 rings (SSSR count). The number of halogens is 1. The Morgan fingerprint density at radius 1 is 1.14 bits per heavy atom. The molecule has 6 heteroatoms. The molecule has 1 amide bonds. The van der Waals surface area contributed by atoms with E-state index in [4.69, 9.17) is 10.8 Å². The Hall–Kier alpha value is -2.89. The Balaban J connectivity index is 2.07. The minimum absolute atomic E-state index is 0.385. The molecule has 0 saturated heterocycles. The third kappa shape index (κ3) is 3.56. The number of hydrogen-bond acceptors (Lipinski definition) is 3. The van der Waals surface area contributed by atoms with E-state index < -0.39 is 17.7 Å². The van der Waals surface area contributed by atoms with Crippen molar-refractivity contribution < 1.29 is 19.1 Å². The van der Waals surface area contributed by atoms with Gasteiger partial charge in [0.05, 0.1) is 5.56 Å². The Labute approximate surface area is 120 Å². The summed E-state index contributed by atoms with van der Waals surface area (Å²) in [5, 5.41) is 11.8. The van der Waals surface area contributed by atoms with E-state index in [2.05, 4.69) is 5.32 Å². The fourth-order valence-corrected chi connectivity index (χ4v) is 1.79. The molecule has 108 valence electrons. The zero-order chi connectivity index (χ0) is 15.4. The number of anilines is 1. The van der Waals surface area contributed by atoms with Crippen LogP contribution in [-0.2, 0) is 6.54 Å². The lowest BCUT2D eigenvalue weighted by molar-refractivity contribution is 0.0691. The maximum absolute atomic E-state index is 13.3. The van der Waals surface area contributed by atoms with Gasteiger partial charge in [0.1, 0.15) is 5.82 Å². The van der Waals surface area contributed by atoms with Crippen LogP contribution in [0, 0.1) is 5.82 Å². The maximum Gasteiger partial charge on any atom is 0.338 e. The van der Waals surface area contributed by atoms with Gasteiger partial charge in [-0.3, -0.25) is 4.79 Å². The number of amides is 1. The van der Waals surface area contributed by atoms with Gasteiger partial charge in [-0.1, -0.05) is 12.1 Å². The quantitative estimate of drug-likeness (QED) is 0.786. The van der Waals surface area contributed by atoms with E-state index in [0.717, 1.165) is 11.6 Å². The highest BCUT2D eigenvalue weighted by Crippen LogP contribution is 2.16. The number of rotatable bonds is 5. The first-order chi connectivity index (χ1) is 9.97. The lowest BCUT2D eigenvalue weighted by atomic mass is 10.1. The molecule has 0 bridgehead atoms. The second-order valence-corrected chi connectivity index (χ2v) is 4.41. The molecule has 0 unspecified atom stereocenters. The molecule has 0 aliphatic heterocycles. The Morgan fingerprint density at radius 3 is 2.38 bits per heavy atom. The van der Waals surface area contributed by atoms with Crippen LogP contribution in [0.1, 0.15) is 26.3 Å². The normalized spacial score (nSPS) is 10.1. The van der Waals surface area contributed by atoms with Gasteiger partial charge in [-0.15, -0.1) is 0 Å². The lowest BCUT2D eigenvalue weighted by Gasteiger charge is -2.08. The number of carbonyl (C=O) groups is 2. The second-order valence-electron chi connectivity index (χ2n) is 4.41. The van der Waals surface area contributed by atoms with Crippen LogP contribution in [0.2, 0.25) is 0 Å². The topological polar surface area (TPSA) is 92.4 Å². The highest BCUT2D eigenvalue weighted by Gasteiger charge is 2.10. The predicted octanol–water partition coefficient (Wildman–Crippen LogP) is 2.23. The van der Waals surface area contributed by atoms with E-state index in [-0.39, 0.29) is 5.56 Å². The first-order valence-electron chi connectivity index (χ1n) is 6.13. The summed E-state index contributed by atoms with van der Waals surface area (Å²) in [6.45, 7) is 0.406. The fraction of sp³-hybridized carbons (Fsp3) is 0.0667. The van der Waals surface area contributed by atoms with Gasteiger partial charge >= 0.3 is 5.97 Å². The fourth-order valence-electron chi connectivity index (χ4n) is 1.79. The summed E-state index contributed by atoms with van der Waals surface area (Å²) >= 11 is 0. The molecule has 4 N–H and O–H groups in total. The largest absolute Gasteiger partial charge is 0.478 e. The van der Waals surface area contributed by atoms with Crippen molar-refractivity contribution in [2.45, 2.75) is 6.54 Å². The number of benzene rings is 2. The Bertz CT molecular complexity index is 684. The molecular formula is C15H13FN2O3. The first kappa shape index (κ1) is 14.5. The molecule has 0 aromatic heterocycles. The molecule has 0 fully saturated rings. The number of hydrogen-bond donors (Lipinski definition) is 3. The van der Waals surface area contributed by atoms with Gasteiger partial charge < -0.3 is 16.2 Å². The van der Waals surface area contributed by atoms with Gasteiger partial charge in [-0.25, -0.2) is 9.18 Å². The van der Waals surface area contributed by atoms with Crippen LogP contribution in [0.5, 0.6) is 0 Å². The van der Waals surface area contributed by atoms with Crippen molar-refractivity contribution in [3.05, 3.63) is 65.0 Å². The van der Waals surface area contributed by atoms with Crippen LogP contribution >= 0.6 is 0 Å². The van der Waals surface area contributed by atoms with Gasteiger partial charge in [-0.2, -0.15) is 0 Å². The molecule has 0 spiro atoms. The van der Waals surface area contributed by atoms with Crippen LogP contribution in [0.3, 0.4) is 0 Å². The number of nitrogens with one attached hydrogen (secondary N) is 1. The molecule has 0 radical (unpaired) electrons. The Morgan fingerprint density at radius 2 is 1.81 bits per heavy atom. The summed E-state index contributed by atoms with van der Waals surface area (Å²) < 4.78 is 13.3. The van der Waals surface area contributed by atoms with Gasteiger partial charge in [0.25, 0.3) is 0 Å². The molecule has 0 aliphatic carbocycles. The zero-order valence-corrected chi connectivity index (χ0v) is 11.0. The molecular weight excluding hydrogens is 275 g/mol. The molecule has 0 heterocycles. The highest BCUT2D eigenvalue weighted by molar-refractivity contribution is 5.92. The van der Waals surface area contributed by atoms with Crippen LogP contribution in [-0.4, -0.2) is 17.0 Å². The molecule has 0 aliphatic rings. The molecule has 21 heavy (non-hydrogen) atoms. The summed E-state index contributed by atoms with van der Waals surface area (Å²) in [6, 6.07) is 10.5. The highest BCUT2D eigenvalue weighted by atomic mass is 19.1. The van der Waals surface area contributed by atoms with Crippen LogP contribution in [0.25, 0.3) is 0 Å². The Kier molecular flexibility index (Phi) is 4.18. The van der Waals surface area contributed by atoms with E-state index >= 15 is 0 Å². The van der Waals surface area contributed by atoms with E-state index in [1.54, 1.807) is 24.3 Å². The minimum atomic E-state index is -1.32. The molecule has 2 aromatic rings. The molecule has 5 nitrogen and oxygen atoms in total. The van der Waals surface area contributed by atoms with Crippen molar-refractivity contribution in [1.29, 1.82) is 0 Å². The lowest BCUT2D eigenvalue weighted by Crippen LogP contribution is -2.10. The van der Waals surface area contributed by atoms with Gasteiger partial charge in [0.15, 0.2) is 0 Å². The third-order valence-electron chi connectivity index (χ3n) is 2.93. The predicted molar refractivity (Wildman–Crippen MR) is 75.6 cm³/mol. The number of carboxylic acid groups (broad SMARTS) is 1. The average molecular weight is 288 g/mol. The minimum Gasteiger partial charge on any atom is -0.478 e. The van der Waals surface area contributed by atoms with E-state index in [9.17, 15) is 14.0 Å². The summed E-state index contributed by atoms with van der Waals surface area (Å²) in [5.74, 6) is -2.60. The summed E-state index contributed by atoms with van der Waals surface area (Å²) in [4.78, 5) is 21.8. The van der Waals surface area contributed by atoms with E-state index in [1.807, 2.05) is 0 Å². The van der Waals surface area contributed by atoms with Crippen molar-refractivity contribution in [1.82, 2.24) is 0 Å². The molecule has 0 atom stereocenters. The number of carboxylic acids is 1. The summed E-state index contributed by atoms with van der Waals surface area (Å²) in [5.41, 5.74) is 6.54. The molecule has 2 aromatic carbocycles. The van der Waals surface area contributed by atoms with Gasteiger partial charge in [0, 0.05) is 17.8 Å². The summed E-state index contributed by atoms with van der Waals surface area (Å²) in [7, 11) is 0. The van der Waals surface area contributed by atoms with Crippen LogP contribution in [0.15, 0.2) is 42.5 Å². The van der Waals surface area contributed by atoms with Crippen molar-refractivity contribution in [2.24, 2.45) is 5.73 Å². The number of carbonyl (C=O) groups excluding carboxylic acids is 1. The van der Waals surface area contributed by atoms with Gasteiger partial charge in [-0.05, 0) is 35.9 Å². The zero-order valence-electron chi connectivity index (χ0n) is 11.0.